The van der Waals surface area contributed by atoms with Gasteiger partial charge in [-0.05, 0) is 93.1 Å². The van der Waals surface area contributed by atoms with Crippen molar-refractivity contribution in [1.29, 1.82) is 0 Å². The van der Waals surface area contributed by atoms with Gasteiger partial charge in [0.2, 0.25) is 0 Å². The molecule has 4 heterocycles. The number of rotatable bonds is 9. The van der Waals surface area contributed by atoms with E-state index in [2.05, 4.69) is 19.9 Å². The van der Waals surface area contributed by atoms with Crippen molar-refractivity contribution < 1.29 is 83.9 Å². The van der Waals surface area contributed by atoms with Gasteiger partial charge in [-0.15, -0.1) is 0 Å². The van der Waals surface area contributed by atoms with Gasteiger partial charge in [-0.2, -0.15) is 0 Å². The fourth-order valence-corrected chi connectivity index (χ4v) is 12.2. The van der Waals surface area contributed by atoms with E-state index in [9.17, 15) is 55.9 Å². The van der Waals surface area contributed by atoms with E-state index in [0.29, 0.717) is 12.8 Å². The molecule has 22 atom stereocenters. The predicted octanol–water partition coefficient (Wildman–Crippen LogP) is -1.34. The van der Waals surface area contributed by atoms with Crippen LogP contribution in [-0.4, -0.2) is 168 Å². The Morgan fingerprint density at radius 1 is 0.683 bits per heavy atom. The highest BCUT2D eigenvalue weighted by Crippen LogP contribution is 2.70. The fourth-order valence-electron chi connectivity index (χ4n) is 12.2. The maximum Gasteiger partial charge on any atom is 0.335 e. The number of aliphatic hydroxyl groups is 10. The first-order valence-electron chi connectivity index (χ1n) is 21.4. The van der Waals surface area contributed by atoms with Crippen molar-refractivity contribution in [2.24, 2.45) is 22.7 Å². The molecule has 3 aliphatic heterocycles. The van der Waals surface area contributed by atoms with Crippen LogP contribution in [0.1, 0.15) is 83.6 Å². The van der Waals surface area contributed by atoms with Gasteiger partial charge < -0.3 is 83.9 Å². The van der Waals surface area contributed by atoms with Crippen molar-refractivity contribution in [3.05, 3.63) is 46.0 Å². The van der Waals surface area contributed by atoms with Crippen LogP contribution < -0.4 is 5.63 Å². The molecular weight excluding hydrogens is 792 g/mol. The van der Waals surface area contributed by atoms with E-state index in [1.165, 1.54) is 11.6 Å². The quantitative estimate of drug-likeness (QED) is 0.129. The maximum absolute atomic E-state index is 12.6. The molecule has 18 nitrogen and oxygen atoms in total. The molecule has 0 unspecified atom stereocenters. The van der Waals surface area contributed by atoms with Crippen LogP contribution in [0.15, 0.2) is 39.3 Å². The lowest BCUT2D eigenvalue weighted by atomic mass is 9.45. The molecule has 0 aromatic carbocycles. The molecule has 0 bridgehead atoms. The third-order valence-corrected chi connectivity index (χ3v) is 15.7. The molecule has 338 valence electrons. The van der Waals surface area contributed by atoms with E-state index in [4.69, 9.17) is 32.8 Å². The van der Waals surface area contributed by atoms with Gasteiger partial charge in [0.25, 0.3) is 0 Å². The minimum absolute atomic E-state index is 0.0933. The van der Waals surface area contributed by atoms with Crippen LogP contribution in [-0.2, 0) is 28.4 Å². The Bertz CT molecular complexity index is 1740. The second kappa shape index (κ2) is 16.9. The summed E-state index contributed by atoms with van der Waals surface area (Å²) in [4.78, 5) is 11.7. The first kappa shape index (κ1) is 44.6. The summed E-state index contributed by atoms with van der Waals surface area (Å²) in [5.41, 5.74) is 0.452. The number of allylic oxidation sites excluding steroid dienone is 1. The van der Waals surface area contributed by atoms with Crippen LogP contribution in [0.25, 0.3) is 0 Å². The molecule has 18 heteroatoms. The van der Waals surface area contributed by atoms with Crippen LogP contribution >= 0.6 is 0 Å². The molecule has 60 heavy (non-hydrogen) atoms. The fraction of sp³-hybridized carbons (Fsp3) is 0.833. The Morgan fingerprint density at radius 2 is 1.32 bits per heavy atom. The second-order valence-corrected chi connectivity index (χ2v) is 18.7. The van der Waals surface area contributed by atoms with Gasteiger partial charge in [0.05, 0.1) is 37.3 Å². The Kier molecular flexibility index (Phi) is 12.6. The Balaban J connectivity index is 0.888. The Hall–Kier alpha value is -1.95. The Labute approximate surface area is 347 Å². The molecular formula is C42H62O18. The zero-order valence-corrected chi connectivity index (χ0v) is 34.1. The lowest BCUT2D eigenvalue weighted by Crippen LogP contribution is -2.66. The minimum atomic E-state index is -1.85. The average molecular weight is 855 g/mol. The normalized spacial score (nSPS) is 51.9. The largest absolute Gasteiger partial charge is 0.431 e. The highest BCUT2D eigenvalue weighted by Gasteiger charge is 2.67. The van der Waals surface area contributed by atoms with Gasteiger partial charge in [0.1, 0.15) is 67.1 Å². The van der Waals surface area contributed by atoms with Crippen LogP contribution in [0.5, 0.6) is 0 Å². The zero-order valence-electron chi connectivity index (χ0n) is 34.1. The monoisotopic (exact) mass is 854 g/mol. The molecule has 7 aliphatic rings. The number of aliphatic hydroxyl groups excluding tert-OH is 9. The minimum Gasteiger partial charge on any atom is -0.431 e. The van der Waals surface area contributed by atoms with Crippen molar-refractivity contribution >= 4 is 0 Å². The van der Waals surface area contributed by atoms with Gasteiger partial charge in [0.15, 0.2) is 18.9 Å². The number of ether oxygens (including phenoxy) is 6. The molecule has 0 radical (unpaired) electrons. The van der Waals surface area contributed by atoms with Crippen molar-refractivity contribution in [2.45, 2.75) is 182 Å². The second-order valence-electron chi connectivity index (χ2n) is 18.7. The molecule has 6 fully saturated rings. The van der Waals surface area contributed by atoms with E-state index in [1.807, 2.05) is 6.07 Å². The van der Waals surface area contributed by atoms with Crippen LogP contribution in [0.4, 0.5) is 0 Å². The topological polar surface area (TPSA) is 288 Å². The first-order chi connectivity index (χ1) is 28.4. The molecule has 1 aromatic rings. The van der Waals surface area contributed by atoms with Gasteiger partial charge in [-0.25, -0.2) is 4.79 Å². The summed E-state index contributed by atoms with van der Waals surface area (Å²) in [6.07, 6.45) is -13.7. The average Bonchev–Trinajstić information content (AvgIpc) is 3.51. The summed E-state index contributed by atoms with van der Waals surface area (Å²) in [5, 5.41) is 108. The molecule has 1 aromatic heterocycles. The predicted molar refractivity (Wildman–Crippen MR) is 203 cm³/mol. The van der Waals surface area contributed by atoms with Gasteiger partial charge in [0, 0.05) is 11.5 Å². The van der Waals surface area contributed by atoms with Crippen molar-refractivity contribution in [3.8, 4) is 0 Å². The third-order valence-electron chi connectivity index (χ3n) is 15.7. The Morgan fingerprint density at radius 3 is 1.98 bits per heavy atom. The third kappa shape index (κ3) is 7.35. The molecule has 0 amide bonds. The van der Waals surface area contributed by atoms with Crippen LogP contribution in [0, 0.1) is 22.7 Å². The number of hydrogen-bond donors (Lipinski definition) is 10. The lowest BCUT2D eigenvalue weighted by Gasteiger charge is -2.62. The zero-order chi connectivity index (χ0) is 43.1. The van der Waals surface area contributed by atoms with Crippen LogP contribution in [0.3, 0.4) is 0 Å². The van der Waals surface area contributed by atoms with E-state index < -0.39 is 117 Å². The molecule has 3 saturated carbocycles. The first-order valence-corrected chi connectivity index (χ1v) is 21.4. The SMILES string of the molecule is C[C@@H]1O[C@@H](O[C@@H]2C=C3CC[C@@H]4[C@H](CC[C@]5(C)[C@@H](c6ccc(=O)oc6)CC[C@]45O)[C@@]3(C)CC2)[C@H](O)[C@H](O)[C@H]1O[C@@H]1O[C@H](CO)[C@@H](O[C@@H]2O[C@H](CO)[C@@H](O)[C@H](O)[C@H]2O)[C@H](O)[C@H]1O. The van der Waals surface area contributed by atoms with Crippen molar-refractivity contribution in [1.82, 2.24) is 0 Å². The van der Waals surface area contributed by atoms with E-state index in [-0.39, 0.29) is 34.2 Å². The van der Waals surface area contributed by atoms with Gasteiger partial charge in [-0.3, -0.25) is 0 Å². The highest BCUT2D eigenvalue weighted by atomic mass is 16.8. The van der Waals surface area contributed by atoms with Crippen LogP contribution in [0.2, 0.25) is 0 Å². The van der Waals surface area contributed by atoms with Crippen molar-refractivity contribution in [3.63, 3.8) is 0 Å². The summed E-state index contributed by atoms with van der Waals surface area (Å²) >= 11 is 0. The van der Waals surface area contributed by atoms with Gasteiger partial charge in [-0.1, -0.05) is 25.5 Å². The molecule has 8 rings (SSSR count). The smallest absolute Gasteiger partial charge is 0.335 e. The molecule has 4 aliphatic carbocycles. The summed E-state index contributed by atoms with van der Waals surface area (Å²) in [6.45, 7) is 4.56. The summed E-state index contributed by atoms with van der Waals surface area (Å²) in [7, 11) is 0. The summed E-state index contributed by atoms with van der Waals surface area (Å²) in [5.74, 6) is 0.459. The standard InChI is InChI=1S/C42H62O18/c1-18-35(59-39-34(52)31(49)36(26(16-44)58-39)60-38-32(50)29(47)28(46)25(15-43)57-38)30(48)33(51)37(55-18)56-21-8-11-40(2)20(14-21)5-6-24-23(40)9-12-41(3)22(10-13-42(24,41)53)19-4-7-27(45)54-17-19/h4,7,14,17-18,21-26,28-39,43-44,46-53H,5-6,8-13,15-16H2,1-3H3/t18-,21-,22+,23-,24+,25+,26+,28+,29-,30-,31+,32+,33+,34+,35-,36+,37-,38-,39-,40-,41+,42-/m0/s1. The number of fused-ring (bicyclic) bond motifs is 5. The van der Waals surface area contributed by atoms with Gasteiger partial charge >= 0.3 is 5.63 Å². The molecule has 10 N–H and O–H groups in total. The number of hydrogen-bond acceptors (Lipinski definition) is 18. The maximum atomic E-state index is 12.6. The van der Waals surface area contributed by atoms with E-state index in [0.717, 1.165) is 44.1 Å². The van der Waals surface area contributed by atoms with Crippen molar-refractivity contribution in [2.75, 3.05) is 13.2 Å². The highest BCUT2D eigenvalue weighted by molar-refractivity contribution is 5.31. The summed E-state index contributed by atoms with van der Waals surface area (Å²) in [6, 6.07) is 3.29. The molecule has 0 spiro atoms. The summed E-state index contributed by atoms with van der Waals surface area (Å²) < 4.78 is 40.2. The molecule has 3 saturated heterocycles. The van der Waals surface area contributed by atoms with E-state index >= 15 is 0 Å². The van der Waals surface area contributed by atoms with E-state index in [1.54, 1.807) is 13.2 Å². The lowest BCUT2D eigenvalue weighted by molar-refractivity contribution is -0.378.